The average molecular weight is 387 g/mol. The van der Waals surface area contributed by atoms with Crippen LogP contribution in [0, 0.1) is 0 Å². The number of carbonyl (C=O) groups excluding carboxylic acids is 1. The van der Waals surface area contributed by atoms with Gasteiger partial charge in [-0.2, -0.15) is 0 Å². The number of fused-ring (bicyclic) bond motifs is 1. The Kier molecular flexibility index (Phi) is 4.53. The Balaban J connectivity index is 1.62. The summed E-state index contributed by atoms with van der Waals surface area (Å²) in [6.45, 7) is 0. The molecule has 0 bridgehead atoms. The minimum atomic E-state index is 0.0383. The number of aromatic nitrogens is 1. The Bertz CT molecular complexity index is 1360. The van der Waals surface area contributed by atoms with Crippen LogP contribution in [0.1, 0.15) is 15.9 Å². The Labute approximate surface area is 176 Å². The topological polar surface area (TPSA) is 22.0 Å². The maximum atomic E-state index is 13.6. The molecule has 0 saturated carbocycles. The molecule has 0 unspecified atom stereocenters. The van der Waals surface area contributed by atoms with E-state index in [1.807, 2.05) is 78.6 Å². The Morgan fingerprint density at radius 1 is 0.667 bits per heavy atom. The van der Waals surface area contributed by atoms with E-state index in [-0.39, 0.29) is 5.78 Å². The van der Waals surface area contributed by atoms with Crippen molar-refractivity contribution in [3.8, 4) is 22.3 Å². The summed E-state index contributed by atoms with van der Waals surface area (Å²) in [6.07, 6.45) is 3.96. The highest BCUT2D eigenvalue weighted by molar-refractivity contribution is 6.15. The van der Waals surface area contributed by atoms with Crippen LogP contribution in [0.2, 0.25) is 0 Å². The normalized spacial score (nSPS) is 11.0. The number of hydrogen-bond donors (Lipinski definition) is 0. The molecule has 0 radical (unpaired) electrons. The monoisotopic (exact) mass is 387 g/mol. The Hall–Kier alpha value is -3.91. The zero-order valence-electron chi connectivity index (χ0n) is 16.7. The number of aryl methyl sites for hydroxylation is 1. The van der Waals surface area contributed by atoms with Crippen molar-refractivity contribution in [2.45, 2.75) is 0 Å². The van der Waals surface area contributed by atoms with E-state index < -0.39 is 0 Å². The SMILES string of the molecule is Cn1cc(C(=O)c2cccc(-c3ccccc3)c2)c(-c2cccc3ccccc23)c1. The summed E-state index contributed by atoms with van der Waals surface area (Å²) in [6, 6.07) is 32.6. The standard InChI is InChI=1S/C28H21NO/c1-29-18-26(25-16-8-12-21-11-5-6-15-24(21)25)27(19-29)28(30)23-14-7-13-22(17-23)20-9-3-2-4-10-20/h2-19H,1H3. The summed E-state index contributed by atoms with van der Waals surface area (Å²) in [5, 5.41) is 2.32. The average Bonchev–Trinajstić information content (AvgIpc) is 3.20. The Morgan fingerprint density at radius 2 is 1.37 bits per heavy atom. The summed E-state index contributed by atoms with van der Waals surface area (Å²) < 4.78 is 1.96. The minimum absolute atomic E-state index is 0.0383. The summed E-state index contributed by atoms with van der Waals surface area (Å²) in [5.74, 6) is 0.0383. The number of benzene rings is 4. The number of hydrogen-bond acceptors (Lipinski definition) is 1. The smallest absolute Gasteiger partial charge is 0.195 e. The lowest BCUT2D eigenvalue weighted by molar-refractivity contribution is 0.103. The summed E-state index contributed by atoms with van der Waals surface area (Å²) in [5.41, 5.74) is 5.61. The molecule has 144 valence electrons. The first-order valence-corrected chi connectivity index (χ1v) is 10.0. The van der Waals surface area contributed by atoms with Crippen molar-refractivity contribution >= 4 is 16.6 Å². The summed E-state index contributed by atoms with van der Waals surface area (Å²) in [4.78, 5) is 13.6. The molecule has 0 spiro atoms. The van der Waals surface area contributed by atoms with Crippen molar-refractivity contribution in [3.63, 3.8) is 0 Å². The van der Waals surface area contributed by atoms with Gasteiger partial charge in [0.1, 0.15) is 0 Å². The van der Waals surface area contributed by atoms with E-state index in [0.717, 1.165) is 33.2 Å². The molecule has 4 aromatic carbocycles. The molecule has 0 atom stereocenters. The number of carbonyl (C=O) groups is 1. The van der Waals surface area contributed by atoms with Crippen molar-refractivity contribution < 1.29 is 4.79 Å². The molecule has 0 aliphatic heterocycles. The van der Waals surface area contributed by atoms with Gasteiger partial charge in [0.15, 0.2) is 5.78 Å². The van der Waals surface area contributed by atoms with Crippen LogP contribution in [0.3, 0.4) is 0 Å². The molecule has 0 amide bonds. The van der Waals surface area contributed by atoms with Crippen molar-refractivity contribution in [2.24, 2.45) is 7.05 Å². The largest absolute Gasteiger partial charge is 0.356 e. The van der Waals surface area contributed by atoms with Gasteiger partial charge >= 0.3 is 0 Å². The van der Waals surface area contributed by atoms with E-state index in [0.29, 0.717) is 5.56 Å². The molecule has 1 aromatic heterocycles. The molecule has 30 heavy (non-hydrogen) atoms. The summed E-state index contributed by atoms with van der Waals surface area (Å²) in [7, 11) is 1.96. The van der Waals surface area contributed by atoms with Crippen molar-refractivity contribution in [1.82, 2.24) is 4.57 Å². The van der Waals surface area contributed by atoms with E-state index in [2.05, 4.69) is 42.5 Å². The fourth-order valence-electron chi connectivity index (χ4n) is 4.07. The third kappa shape index (κ3) is 3.23. The van der Waals surface area contributed by atoms with E-state index in [1.165, 1.54) is 5.39 Å². The molecular formula is C28H21NO. The molecular weight excluding hydrogens is 366 g/mol. The van der Waals surface area contributed by atoms with E-state index in [4.69, 9.17) is 0 Å². The lowest BCUT2D eigenvalue weighted by Gasteiger charge is -2.09. The first-order chi connectivity index (χ1) is 14.7. The highest BCUT2D eigenvalue weighted by Crippen LogP contribution is 2.33. The van der Waals surface area contributed by atoms with Gasteiger partial charge in [-0.25, -0.2) is 0 Å². The van der Waals surface area contributed by atoms with Gasteiger partial charge in [0.05, 0.1) is 0 Å². The van der Waals surface area contributed by atoms with Crippen LogP contribution in [-0.2, 0) is 7.05 Å². The number of nitrogens with zero attached hydrogens (tertiary/aromatic N) is 1. The van der Waals surface area contributed by atoms with Crippen molar-refractivity contribution in [3.05, 3.63) is 121 Å². The van der Waals surface area contributed by atoms with Crippen molar-refractivity contribution in [1.29, 1.82) is 0 Å². The van der Waals surface area contributed by atoms with E-state index in [9.17, 15) is 4.79 Å². The number of ketones is 1. The molecule has 0 fully saturated rings. The number of rotatable bonds is 4. The fraction of sp³-hybridized carbons (Fsp3) is 0.0357. The first-order valence-electron chi connectivity index (χ1n) is 10.0. The van der Waals surface area contributed by atoms with Crippen LogP contribution in [0.15, 0.2) is 109 Å². The predicted molar refractivity (Wildman–Crippen MR) is 124 cm³/mol. The zero-order chi connectivity index (χ0) is 20.5. The van der Waals surface area contributed by atoms with Gasteiger partial charge in [-0.1, -0.05) is 91.0 Å². The summed E-state index contributed by atoms with van der Waals surface area (Å²) >= 11 is 0. The molecule has 0 saturated heterocycles. The minimum Gasteiger partial charge on any atom is -0.356 e. The lowest BCUT2D eigenvalue weighted by Crippen LogP contribution is -2.02. The molecule has 1 heterocycles. The molecule has 2 heteroatoms. The lowest BCUT2D eigenvalue weighted by atomic mass is 9.93. The second-order valence-corrected chi connectivity index (χ2v) is 7.55. The van der Waals surface area contributed by atoms with Gasteiger partial charge in [0, 0.05) is 36.1 Å². The maximum absolute atomic E-state index is 13.6. The van der Waals surface area contributed by atoms with Crippen LogP contribution in [-0.4, -0.2) is 10.4 Å². The van der Waals surface area contributed by atoms with Crippen molar-refractivity contribution in [2.75, 3.05) is 0 Å². The van der Waals surface area contributed by atoms with Gasteiger partial charge in [-0.05, 0) is 33.5 Å². The van der Waals surface area contributed by atoms with Crippen LogP contribution in [0.4, 0.5) is 0 Å². The molecule has 2 nitrogen and oxygen atoms in total. The van der Waals surface area contributed by atoms with Gasteiger partial charge in [0.25, 0.3) is 0 Å². The van der Waals surface area contributed by atoms with E-state index in [1.54, 1.807) is 0 Å². The quantitative estimate of drug-likeness (QED) is 0.313. The molecule has 0 aliphatic rings. The van der Waals surface area contributed by atoms with Crippen LogP contribution in [0.25, 0.3) is 33.0 Å². The second-order valence-electron chi connectivity index (χ2n) is 7.55. The van der Waals surface area contributed by atoms with Gasteiger partial charge in [-0.3, -0.25) is 4.79 Å². The van der Waals surface area contributed by atoms with Crippen LogP contribution >= 0.6 is 0 Å². The van der Waals surface area contributed by atoms with E-state index >= 15 is 0 Å². The van der Waals surface area contributed by atoms with Crippen LogP contribution in [0.5, 0.6) is 0 Å². The zero-order valence-corrected chi connectivity index (χ0v) is 16.7. The first kappa shape index (κ1) is 18.1. The third-order valence-electron chi connectivity index (χ3n) is 5.51. The fourth-order valence-corrected chi connectivity index (χ4v) is 4.07. The third-order valence-corrected chi connectivity index (χ3v) is 5.51. The molecule has 0 N–H and O–H groups in total. The van der Waals surface area contributed by atoms with Gasteiger partial charge in [0.2, 0.25) is 0 Å². The molecule has 5 aromatic rings. The highest BCUT2D eigenvalue weighted by atomic mass is 16.1. The predicted octanol–water partition coefficient (Wildman–Crippen LogP) is 6.74. The van der Waals surface area contributed by atoms with Gasteiger partial charge < -0.3 is 4.57 Å². The second kappa shape index (κ2) is 7.49. The van der Waals surface area contributed by atoms with Crippen LogP contribution < -0.4 is 0 Å². The maximum Gasteiger partial charge on any atom is 0.195 e. The molecule has 0 aliphatic carbocycles. The highest BCUT2D eigenvalue weighted by Gasteiger charge is 2.19. The Morgan fingerprint density at radius 3 is 2.23 bits per heavy atom. The molecule has 5 rings (SSSR count). The van der Waals surface area contributed by atoms with Gasteiger partial charge in [-0.15, -0.1) is 0 Å².